The number of ether oxygens (including phenoxy) is 2. The average molecular weight is 368 g/mol. The van der Waals surface area contributed by atoms with E-state index in [1.165, 1.54) is 11.8 Å². The van der Waals surface area contributed by atoms with Crippen molar-refractivity contribution in [2.75, 3.05) is 17.3 Å². The molecule has 1 aliphatic heterocycles. The molecule has 0 spiro atoms. The number of amides is 2. The lowest BCUT2D eigenvalue weighted by Crippen LogP contribution is -2.41. The van der Waals surface area contributed by atoms with Gasteiger partial charge in [-0.1, -0.05) is 30.3 Å². The Labute approximate surface area is 156 Å². The van der Waals surface area contributed by atoms with Crippen LogP contribution in [0.15, 0.2) is 54.6 Å². The number of para-hydroxylation sites is 3. The predicted octanol–water partition coefficient (Wildman–Crippen LogP) is 2.37. The summed E-state index contributed by atoms with van der Waals surface area (Å²) in [6.45, 7) is 1.50. The zero-order chi connectivity index (χ0) is 19.4. The lowest BCUT2D eigenvalue weighted by molar-refractivity contribution is -0.156. The number of rotatable bonds is 5. The number of fused-ring (bicyclic) bond motifs is 1. The number of carbonyl (C=O) groups excluding carboxylic acids is 3. The van der Waals surface area contributed by atoms with Crippen LogP contribution in [0, 0.1) is 0 Å². The van der Waals surface area contributed by atoms with E-state index in [0.717, 1.165) is 0 Å². The molecular weight excluding hydrogens is 348 g/mol. The van der Waals surface area contributed by atoms with E-state index in [9.17, 15) is 14.4 Å². The fraction of sp³-hybridized carbons (Fsp3) is 0.250. The molecule has 7 nitrogen and oxygen atoms in total. The zero-order valence-corrected chi connectivity index (χ0v) is 15.0. The molecule has 0 fully saturated rings. The molecule has 7 heteroatoms. The Bertz CT molecular complexity index is 852. The van der Waals surface area contributed by atoms with Crippen LogP contribution in [0.5, 0.6) is 5.75 Å². The number of hydrogen-bond donors (Lipinski definition) is 1. The van der Waals surface area contributed by atoms with Gasteiger partial charge in [0.1, 0.15) is 5.75 Å². The van der Waals surface area contributed by atoms with Crippen LogP contribution in [0.4, 0.5) is 11.4 Å². The quantitative estimate of drug-likeness (QED) is 0.819. The predicted molar refractivity (Wildman–Crippen MR) is 99.5 cm³/mol. The molecule has 3 rings (SSSR count). The largest absolute Gasteiger partial charge is 0.478 e. The maximum Gasteiger partial charge on any atom is 0.310 e. The molecule has 2 aromatic carbocycles. The maximum absolute atomic E-state index is 12.4. The van der Waals surface area contributed by atoms with E-state index in [0.29, 0.717) is 17.1 Å². The average Bonchev–Trinajstić information content (AvgIpc) is 2.68. The van der Waals surface area contributed by atoms with E-state index in [2.05, 4.69) is 5.32 Å². The molecule has 2 aromatic rings. The molecule has 0 aliphatic carbocycles. The van der Waals surface area contributed by atoms with Gasteiger partial charge in [0.25, 0.3) is 11.8 Å². The summed E-state index contributed by atoms with van der Waals surface area (Å²) in [4.78, 5) is 38.1. The van der Waals surface area contributed by atoms with Crippen molar-refractivity contribution < 1.29 is 23.9 Å². The summed E-state index contributed by atoms with van der Waals surface area (Å²) >= 11 is 0. The van der Waals surface area contributed by atoms with Crippen molar-refractivity contribution in [3.8, 4) is 5.75 Å². The Morgan fingerprint density at radius 3 is 2.56 bits per heavy atom. The van der Waals surface area contributed by atoms with Gasteiger partial charge < -0.3 is 19.7 Å². The first-order chi connectivity index (χ1) is 13.0. The molecule has 0 unspecified atom stereocenters. The van der Waals surface area contributed by atoms with E-state index >= 15 is 0 Å². The highest BCUT2D eigenvalue weighted by Crippen LogP contribution is 2.29. The summed E-state index contributed by atoms with van der Waals surface area (Å²) in [5.74, 6) is -0.986. The summed E-state index contributed by atoms with van der Waals surface area (Å²) in [5, 5.41) is 2.68. The van der Waals surface area contributed by atoms with Crippen LogP contribution in [0.1, 0.15) is 13.3 Å². The SMILES string of the molecule is C[C@H](OC(=O)C[C@@H]1Oc2ccccc2NC1=O)C(=O)N(C)c1ccccc1. The van der Waals surface area contributed by atoms with Crippen LogP contribution < -0.4 is 15.0 Å². The first kappa shape index (κ1) is 18.4. The number of carbonyl (C=O) groups is 3. The number of benzene rings is 2. The Morgan fingerprint density at radius 2 is 1.81 bits per heavy atom. The minimum absolute atomic E-state index is 0.285. The van der Waals surface area contributed by atoms with E-state index in [-0.39, 0.29) is 12.3 Å². The van der Waals surface area contributed by atoms with Crippen LogP contribution in [0.2, 0.25) is 0 Å². The second-order valence-electron chi connectivity index (χ2n) is 6.16. The van der Waals surface area contributed by atoms with Crippen LogP contribution in [-0.2, 0) is 19.1 Å². The fourth-order valence-corrected chi connectivity index (χ4v) is 2.73. The zero-order valence-electron chi connectivity index (χ0n) is 15.0. The van der Waals surface area contributed by atoms with E-state index in [4.69, 9.17) is 9.47 Å². The lowest BCUT2D eigenvalue weighted by Gasteiger charge is -2.26. The number of nitrogens with one attached hydrogen (secondary N) is 1. The van der Waals surface area contributed by atoms with Crippen LogP contribution in [0.25, 0.3) is 0 Å². The number of anilines is 2. The van der Waals surface area contributed by atoms with Gasteiger partial charge in [-0.3, -0.25) is 14.4 Å². The third kappa shape index (κ3) is 4.25. The van der Waals surface area contributed by atoms with E-state index < -0.39 is 24.1 Å². The Balaban J connectivity index is 1.57. The molecule has 140 valence electrons. The highest BCUT2D eigenvalue weighted by molar-refractivity contribution is 6.00. The van der Waals surface area contributed by atoms with Crippen molar-refractivity contribution in [1.29, 1.82) is 0 Å². The van der Waals surface area contributed by atoms with Gasteiger partial charge in [0.05, 0.1) is 12.1 Å². The van der Waals surface area contributed by atoms with Crippen LogP contribution >= 0.6 is 0 Å². The topological polar surface area (TPSA) is 84.9 Å². The molecule has 0 radical (unpaired) electrons. The molecule has 2 atom stereocenters. The number of hydrogen-bond acceptors (Lipinski definition) is 5. The first-order valence-electron chi connectivity index (χ1n) is 8.54. The van der Waals surface area contributed by atoms with Crippen molar-refractivity contribution in [3.05, 3.63) is 54.6 Å². The molecule has 0 bridgehead atoms. The Kier molecular flexibility index (Phi) is 5.40. The third-order valence-electron chi connectivity index (χ3n) is 4.19. The smallest absolute Gasteiger partial charge is 0.310 e. The summed E-state index contributed by atoms with van der Waals surface area (Å²) in [7, 11) is 1.61. The molecule has 0 saturated carbocycles. The van der Waals surface area contributed by atoms with Gasteiger partial charge in [0.15, 0.2) is 12.2 Å². The second-order valence-corrected chi connectivity index (χ2v) is 6.16. The third-order valence-corrected chi connectivity index (χ3v) is 4.19. The van der Waals surface area contributed by atoms with Gasteiger partial charge in [-0.25, -0.2) is 0 Å². The number of likely N-dealkylation sites (N-methyl/N-ethyl adjacent to an activating group) is 1. The standard InChI is InChI=1S/C20H20N2O5/c1-13(20(25)22(2)14-8-4-3-5-9-14)26-18(23)12-17-19(24)21-15-10-6-7-11-16(15)27-17/h3-11,13,17H,12H2,1-2H3,(H,21,24)/t13-,17-/m0/s1. The first-order valence-corrected chi connectivity index (χ1v) is 8.54. The van der Waals surface area contributed by atoms with Crippen molar-refractivity contribution >= 4 is 29.2 Å². The van der Waals surface area contributed by atoms with Gasteiger partial charge in [-0.2, -0.15) is 0 Å². The van der Waals surface area contributed by atoms with Crippen LogP contribution in [0.3, 0.4) is 0 Å². The van der Waals surface area contributed by atoms with Gasteiger partial charge in [0.2, 0.25) is 0 Å². The van der Waals surface area contributed by atoms with Gasteiger partial charge in [-0.15, -0.1) is 0 Å². The number of esters is 1. The summed E-state index contributed by atoms with van der Waals surface area (Å²) in [5.41, 5.74) is 1.25. The molecule has 0 saturated heterocycles. The molecule has 1 aliphatic rings. The fourth-order valence-electron chi connectivity index (χ4n) is 2.73. The molecule has 0 aromatic heterocycles. The minimum atomic E-state index is -0.999. The molecule has 1 N–H and O–H groups in total. The van der Waals surface area contributed by atoms with Crippen molar-refractivity contribution in [3.63, 3.8) is 0 Å². The van der Waals surface area contributed by atoms with E-state index in [1.807, 2.05) is 18.2 Å². The van der Waals surface area contributed by atoms with Crippen molar-refractivity contribution in [2.45, 2.75) is 25.6 Å². The normalized spacial score (nSPS) is 16.4. The monoisotopic (exact) mass is 368 g/mol. The second kappa shape index (κ2) is 7.90. The van der Waals surface area contributed by atoms with Gasteiger partial charge in [-0.05, 0) is 31.2 Å². The van der Waals surface area contributed by atoms with Crippen molar-refractivity contribution in [2.24, 2.45) is 0 Å². The van der Waals surface area contributed by atoms with E-state index in [1.54, 1.807) is 43.4 Å². The molecule has 2 amide bonds. The summed E-state index contributed by atoms with van der Waals surface area (Å²) < 4.78 is 10.8. The maximum atomic E-state index is 12.4. The van der Waals surface area contributed by atoms with Gasteiger partial charge >= 0.3 is 5.97 Å². The highest BCUT2D eigenvalue weighted by atomic mass is 16.6. The Hall–Kier alpha value is -3.35. The van der Waals surface area contributed by atoms with Crippen molar-refractivity contribution in [1.82, 2.24) is 0 Å². The minimum Gasteiger partial charge on any atom is -0.478 e. The number of nitrogens with zero attached hydrogens (tertiary/aromatic N) is 1. The summed E-state index contributed by atoms with van der Waals surface area (Å²) in [6.07, 6.45) is -2.27. The molecular formula is C20H20N2O5. The summed E-state index contributed by atoms with van der Waals surface area (Å²) in [6, 6.07) is 16.0. The molecule has 1 heterocycles. The van der Waals surface area contributed by atoms with Crippen LogP contribution in [-0.4, -0.2) is 37.0 Å². The molecule has 27 heavy (non-hydrogen) atoms. The Morgan fingerprint density at radius 1 is 1.15 bits per heavy atom. The van der Waals surface area contributed by atoms with Gasteiger partial charge in [0, 0.05) is 12.7 Å². The highest BCUT2D eigenvalue weighted by Gasteiger charge is 2.31. The lowest BCUT2D eigenvalue weighted by atomic mass is 10.1.